The summed E-state index contributed by atoms with van der Waals surface area (Å²) >= 11 is 0. The third-order valence-corrected chi connectivity index (χ3v) is 8.19. The van der Waals surface area contributed by atoms with Gasteiger partial charge in [0.1, 0.15) is 5.82 Å². The third-order valence-electron chi connectivity index (χ3n) is 8.19. The number of para-hydroxylation sites is 2. The summed E-state index contributed by atoms with van der Waals surface area (Å²) < 4.78 is 21.0. The summed E-state index contributed by atoms with van der Waals surface area (Å²) in [6.07, 6.45) is 3.83. The van der Waals surface area contributed by atoms with Crippen molar-refractivity contribution in [1.82, 2.24) is 14.5 Å². The molecule has 0 amide bonds. The summed E-state index contributed by atoms with van der Waals surface area (Å²) in [5.41, 5.74) is 5.12. The average molecular weight is 571 g/mol. The first-order valence-electron chi connectivity index (χ1n) is 15.2. The zero-order chi connectivity index (χ0) is 29.5. The van der Waals surface area contributed by atoms with Crippen LogP contribution in [0, 0.1) is 11.2 Å². The van der Waals surface area contributed by atoms with Crippen LogP contribution < -0.4 is 4.90 Å². The lowest BCUT2D eigenvalue weighted by Gasteiger charge is -2.31. The number of carbonyl (C=O) groups is 1. The van der Waals surface area contributed by atoms with E-state index >= 15 is 0 Å². The summed E-state index contributed by atoms with van der Waals surface area (Å²) in [6, 6.07) is 23.8. The van der Waals surface area contributed by atoms with Gasteiger partial charge in [-0.1, -0.05) is 48.5 Å². The van der Waals surface area contributed by atoms with Crippen LogP contribution in [0.3, 0.4) is 0 Å². The SMILES string of the molecule is CCOC(=O)C(C)(C)Cc1ccc(CCN2CCCN(c3nc4ccccc4n3Cc3ccc(F)cc3)CCC2)cc1. The van der Waals surface area contributed by atoms with Gasteiger partial charge in [0.2, 0.25) is 5.95 Å². The molecule has 1 fully saturated rings. The second-order valence-corrected chi connectivity index (χ2v) is 12.0. The second-order valence-electron chi connectivity index (χ2n) is 12.0. The van der Waals surface area contributed by atoms with Crippen molar-refractivity contribution in [2.45, 2.75) is 53.0 Å². The molecule has 1 saturated heterocycles. The Bertz CT molecular complexity index is 1450. The fourth-order valence-corrected chi connectivity index (χ4v) is 5.87. The van der Waals surface area contributed by atoms with Crippen molar-refractivity contribution < 1.29 is 13.9 Å². The van der Waals surface area contributed by atoms with Crippen LogP contribution in [0.4, 0.5) is 10.3 Å². The minimum absolute atomic E-state index is 0.144. The van der Waals surface area contributed by atoms with Gasteiger partial charge in [0.15, 0.2) is 0 Å². The van der Waals surface area contributed by atoms with Crippen molar-refractivity contribution in [1.29, 1.82) is 0 Å². The largest absolute Gasteiger partial charge is 0.466 e. The zero-order valence-corrected chi connectivity index (χ0v) is 25.2. The molecule has 1 aliphatic heterocycles. The molecule has 0 radical (unpaired) electrons. The number of carbonyl (C=O) groups excluding carboxylic acids is 1. The van der Waals surface area contributed by atoms with Crippen molar-refractivity contribution in [3.63, 3.8) is 0 Å². The number of imidazole rings is 1. The van der Waals surface area contributed by atoms with Crippen LogP contribution in [0.1, 0.15) is 50.3 Å². The van der Waals surface area contributed by atoms with E-state index in [1.165, 1.54) is 17.7 Å². The number of fused-ring (bicyclic) bond motifs is 1. The van der Waals surface area contributed by atoms with E-state index in [2.05, 4.69) is 56.8 Å². The molecule has 42 heavy (non-hydrogen) atoms. The molecule has 222 valence electrons. The lowest BCUT2D eigenvalue weighted by molar-refractivity contribution is -0.153. The maximum atomic E-state index is 13.5. The first-order chi connectivity index (χ1) is 20.3. The number of ether oxygens (including phenoxy) is 1. The quantitative estimate of drug-likeness (QED) is 0.204. The molecule has 0 aliphatic carbocycles. The smallest absolute Gasteiger partial charge is 0.311 e. The fourth-order valence-electron chi connectivity index (χ4n) is 5.87. The van der Waals surface area contributed by atoms with Gasteiger partial charge in [-0.2, -0.15) is 0 Å². The Morgan fingerprint density at radius 1 is 0.881 bits per heavy atom. The fraction of sp³-hybridized carbons (Fsp3) is 0.429. The highest BCUT2D eigenvalue weighted by Gasteiger charge is 2.29. The highest BCUT2D eigenvalue weighted by Crippen LogP contribution is 2.26. The summed E-state index contributed by atoms with van der Waals surface area (Å²) in [4.78, 5) is 22.3. The molecule has 7 heteroatoms. The average Bonchev–Trinajstić information content (AvgIpc) is 3.32. The number of halogens is 1. The van der Waals surface area contributed by atoms with Gasteiger partial charge in [-0.3, -0.25) is 4.79 Å². The van der Waals surface area contributed by atoms with Gasteiger partial charge in [0.25, 0.3) is 0 Å². The predicted octanol–water partition coefficient (Wildman–Crippen LogP) is 6.50. The van der Waals surface area contributed by atoms with Crippen molar-refractivity contribution in [2.24, 2.45) is 5.41 Å². The van der Waals surface area contributed by atoms with E-state index < -0.39 is 5.41 Å². The third kappa shape index (κ3) is 7.37. The van der Waals surface area contributed by atoms with Crippen LogP contribution >= 0.6 is 0 Å². The lowest BCUT2D eigenvalue weighted by atomic mass is 9.85. The zero-order valence-electron chi connectivity index (χ0n) is 25.2. The van der Waals surface area contributed by atoms with Crippen molar-refractivity contribution in [3.05, 3.63) is 95.3 Å². The Labute approximate surface area is 249 Å². The first kappa shape index (κ1) is 29.8. The van der Waals surface area contributed by atoms with Crippen LogP contribution in [0.25, 0.3) is 11.0 Å². The van der Waals surface area contributed by atoms with E-state index in [0.717, 1.165) is 80.1 Å². The maximum absolute atomic E-state index is 13.5. The van der Waals surface area contributed by atoms with Gasteiger partial charge in [-0.25, -0.2) is 9.37 Å². The van der Waals surface area contributed by atoms with Gasteiger partial charge in [0, 0.05) is 19.6 Å². The summed E-state index contributed by atoms with van der Waals surface area (Å²) in [5, 5.41) is 0. The molecule has 0 saturated carbocycles. The Morgan fingerprint density at radius 3 is 2.21 bits per heavy atom. The number of nitrogens with zero attached hydrogens (tertiary/aromatic N) is 4. The molecule has 0 atom stereocenters. The first-order valence-corrected chi connectivity index (χ1v) is 15.2. The van der Waals surface area contributed by atoms with E-state index in [9.17, 15) is 9.18 Å². The molecular formula is C35H43FN4O2. The molecule has 0 N–H and O–H groups in total. The molecule has 2 heterocycles. The molecule has 1 aromatic heterocycles. The van der Waals surface area contributed by atoms with Gasteiger partial charge >= 0.3 is 5.97 Å². The molecule has 6 nitrogen and oxygen atoms in total. The number of hydrogen-bond acceptors (Lipinski definition) is 5. The van der Waals surface area contributed by atoms with Crippen LogP contribution in [0.5, 0.6) is 0 Å². The minimum atomic E-state index is -0.527. The van der Waals surface area contributed by atoms with E-state index in [0.29, 0.717) is 19.6 Å². The Kier molecular flexibility index (Phi) is 9.58. The number of esters is 1. The Balaban J connectivity index is 1.17. The number of rotatable bonds is 10. The van der Waals surface area contributed by atoms with E-state index in [1.54, 1.807) is 0 Å². The van der Waals surface area contributed by atoms with Crippen molar-refractivity contribution >= 4 is 23.0 Å². The number of benzene rings is 3. The monoisotopic (exact) mass is 570 g/mol. The summed E-state index contributed by atoms with van der Waals surface area (Å²) in [5.74, 6) is 0.643. The number of aromatic nitrogens is 2. The lowest BCUT2D eigenvalue weighted by Crippen LogP contribution is -2.38. The standard InChI is InChI=1S/C35H43FN4O2/c1-4-42-33(41)35(2,3)25-28-13-11-27(12-14-28)19-24-38-20-7-22-39(23-8-21-38)34-37-31-9-5-6-10-32(31)40(34)26-29-15-17-30(36)18-16-29/h5-6,9-18H,4,7-8,19-26H2,1-3H3. The second kappa shape index (κ2) is 13.5. The van der Waals surface area contributed by atoms with Crippen molar-refractivity contribution in [2.75, 3.05) is 44.2 Å². The molecule has 3 aromatic carbocycles. The van der Waals surface area contributed by atoms with E-state index in [1.807, 2.05) is 39.0 Å². The molecule has 1 aliphatic rings. The van der Waals surface area contributed by atoms with Crippen LogP contribution in [-0.4, -0.2) is 59.8 Å². The number of anilines is 1. The Hall–Kier alpha value is -3.71. The molecule has 0 unspecified atom stereocenters. The van der Waals surface area contributed by atoms with Gasteiger partial charge in [0.05, 0.1) is 29.6 Å². The van der Waals surface area contributed by atoms with Gasteiger partial charge in [-0.05, 0) is 100 Å². The molecule has 0 spiro atoms. The molecule has 5 rings (SSSR count). The highest BCUT2D eigenvalue weighted by atomic mass is 19.1. The van der Waals surface area contributed by atoms with Crippen LogP contribution in [0.15, 0.2) is 72.8 Å². The highest BCUT2D eigenvalue weighted by molar-refractivity contribution is 5.79. The van der Waals surface area contributed by atoms with Crippen molar-refractivity contribution in [3.8, 4) is 0 Å². The van der Waals surface area contributed by atoms with Crippen LogP contribution in [0.2, 0.25) is 0 Å². The molecule has 0 bridgehead atoms. The van der Waals surface area contributed by atoms with Crippen LogP contribution in [-0.2, 0) is 28.9 Å². The molecular weight excluding hydrogens is 527 g/mol. The Morgan fingerprint density at radius 2 is 1.52 bits per heavy atom. The summed E-state index contributed by atoms with van der Waals surface area (Å²) in [6.45, 7) is 11.9. The normalized spacial score (nSPS) is 15.0. The van der Waals surface area contributed by atoms with E-state index in [-0.39, 0.29) is 11.8 Å². The van der Waals surface area contributed by atoms with Gasteiger partial charge < -0.3 is 19.1 Å². The number of hydrogen-bond donors (Lipinski definition) is 0. The molecule has 4 aromatic rings. The predicted molar refractivity (Wildman–Crippen MR) is 167 cm³/mol. The minimum Gasteiger partial charge on any atom is -0.466 e. The summed E-state index contributed by atoms with van der Waals surface area (Å²) in [7, 11) is 0. The van der Waals surface area contributed by atoms with E-state index in [4.69, 9.17) is 9.72 Å². The van der Waals surface area contributed by atoms with Gasteiger partial charge in [-0.15, -0.1) is 0 Å². The topological polar surface area (TPSA) is 50.6 Å². The maximum Gasteiger partial charge on any atom is 0.311 e.